The van der Waals surface area contributed by atoms with Gasteiger partial charge in [-0.05, 0) is 30.0 Å². The third-order valence-corrected chi connectivity index (χ3v) is 4.34. The van der Waals surface area contributed by atoms with Crippen molar-refractivity contribution in [3.8, 4) is 6.07 Å². The summed E-state index contributed by atoms with van der Waals surface area (Å²) >= 11 is 0. The third kappa shape index (κ3) is 2.48. The summed E-state index contributed by atoms with van der Waals surface area (Å²) in [5.74, 6) is 0.615. The third-order valence-electron chi connectivity index (χ3n) is 4.34. The number of hydrogen-bond acceptors (Lipinski definition) is 3. The van der Waals surface area contributed by atoms with Gasteiger partial charge in [-0.2, -0.15) is 5.26 Å². The number of nitriles is 1. The van der Waals surface area contributed by atoms with Crippen LogP contribution in [0.5, 0.6) is 0 Å². The Hall–Kier alpha value is -2.61. The van der Waals surface area contributed by atoms with Gasteiger partial charge in [0.05, 0.1) is 11.1 Å². The van der Waals surface area contributed by atoms with E-state index in [1.807, 2.05) is 24.3 Å². The van der Waals surface area contributed by atoms with Gasteiger partial charge in [-0.3, -0.25) is 4.98 Å². The molecule has 2 aromatic rings. The lowest BCUT2D eigenvalue weighted by Gasteiger charge is -2.36. The van der Waals surface area contributed by atoms with Crippen molar-refractivity contribution in [3.05, 3.63) is 41.6 Å². The van der Waals surface area contributed by atoms with E-state index in [1.165, 1.54) is 0 Å². The van der Waals surface area contributed by atoms with Crippen LogP contribution in [-0.2, 0) is 0 Å². The SMILES string of the molecule is CC1CC(c2ccc(C#N)c3ncccc23)CN(C(N)=O)C1. The monoisotopic (exact) mass is 294 g/mol. The summed E-state index contributed by atoms with van der Waals surface area (Å²) in [6.45, 7) is 3.46. The van der Waals surface area contributed by atoms with Gasteiger partial charge < -0.3 is 10.6 Å². The Morgan fingerprint density at radius 2 is 2.23 bits per heavy atom. The van der Waals surface area contributed by atoms with Crippen LogP contribution >= 0.6 is 0 Å². The molecular formula is C17H18N4O. The zero-order valence-corrected chi connectivity index (χ0v) is 12.5. The molecule has 1 saturated heterocycles. The van der Waals surface area contributed by atoms with Crippen molar-refractivity contribution in [1.82, 2.24) is 9.88 Å². The quantitative estimate of drug-likeness (QED) is 0.877. The molecule has 2 heterocycles. The van der Waals surface area contributed by atoms with Crippen LogP contribution in [0.15, 0.2) is 30.5 Å². The van der Waals surface area contributed by atoms with Crippen LogP contribution in [-0.4, -0.2) is 29.0 Å². The van der Waals surface area contributed by atoms with Crippen LogP contribution in [0.4, 0.5) is 4.79 Å². The minimum Gasteiger partial charge on any atom is -0.351 e. The molecule has 1 aliphatic rings. The molecule has 2 N–H and O–H groups in total. The van der Waals surface area contributed by atoms with Crippen LogP contribution in [0.1, 0.15) is 30.4 Å². The Morgan fingerprint density at radius 3 is 2.95 bits per heavy atom. The Morgan fingerprint density at radius 1 is 1.41 bits per heavy atom. The van der Waals surface area contributed by atoms with Crippen LogP contribution in [0.25, 0.3) is 10.9 Å². The van der Waals surface area contributed by atoms with Crippen molar-refractivity contribution in [1.29, 1.82) is 5.26 Å². The van der Waals surface area contributed by atoms with Gasteiger partial charge in [0, 0.05) is 30.6 Å². The summed E-state index contributed by atoms with van der Waals surface area (Å²) in [6.07, 6.45) is 2.70. The van der Waals surface area contributed by atoms with E-state index in [9.17, 15) is 10.1 Å². The molecule has 2 atom stereocenters. The molecular weight excluding hydrogens is 276 g/mol. The lowest BCUT2D eigenvalue weighted by atomic mass is 9.83. The number of primary amides is 1. The summed E-state index contributed by atoms with van der Waals surface area (Å²) in [7, 11) is 0. The average molecular weight is 294 g/mol. The van der Waals surface area contributed by atoms with Crippen molar-refractivity contribution >= 4 is 16.9 Å². The lowest BCUT2D eigenvalue weighted by Crippen LogP contribution is -2.45. The van der Waals surface area contributed by atoms with Crippen LogP contribution in [0, 0.1) is 17.2 Å². The highest BCUT2D eigenvalue weighted by Gasteiger charge is 2.29. The van der Waals surface area contributed by atoms with Crippen LogP contribution in [0.3, 0.4) is 0 Å². The number of amides is 2. The number of likely N-dealkylation sites (tertiary alicyclic amines) is 1. The zero-order chi connectivity index (χ0) is 15.7. The maximum Gasteiger partial charge on any atom is 0.314 e. The van der Waals surface area contributed by atoms with Crippen molar-refractivity contribution < 1.29 is 4.79 Å². The van der Waals surface area contributed by atoms with Gasteiger partial charge in [0.1, 0.15) is 6.07 Å². The van der Waals surface area contributed by atoms with Crippen LogP contribution < -0.4 is 5.73 Å². The number of nitrogens with two attached hydrogens (primary N) is 1. The standard InChI is InChI=1S/C17H18N4O/c1-11-7-13(10-21(9-11)17(19)22)14-5-4-12(8-18)16-15(14)3-2-6-20-16/h2-6,11,13H,7,9-10H2,1H3,(H2,19,22). The number of benzene rings is 1. The molecule has 1 aromatic carbocycles. The van der Waals surface area contributed by atoms with Gasteiger partial charge >= 0.3 is 6.03 Å². The van der Waals surface area contributed by atoms with E-state index in [0.29, 0.717) is 24.6 Å². The van der Waals surface area contributed by atoms with Gasteiger partial charge in [0.15, 0.2) is 0 Å². The fourth-order valence-electron chi connectivity index (χ4n) is 3.40. The molecule has 0 spiro atoms. The highest BCUT2D eigenvalue weighted by atomic mass is 16.2. The Bertz CT molecular complexity index is 765. The van der Waals surface area contributed by atoms with Gasteiger partial charge in [-0.25, -0.2) is 4.79 Å². The fraction of sp³-hybridized carbons (Fsp3) is 0.353. The molecule has 0 bridgehead atoms. The summed E-state index contributed by atoms with van der Waals surface area (Å²) in [5, 5.41) is 10.2. The van der Waals surface area contributed by atoms with Crippen molar-refractivity contribution in [2.75, 3.05) is 13.1 Å². The summed E-state index contributed by atoms with van der Waals surface area (Å²) in [4.78, 5) is 17.6. The van der Waals surface area contributed by atoms with Crippen molar-refractivity contribution in [2.24, 2.45) is 11.7 Å². The number of hydrogen-bond donors (Lipinski definition) is 1. The molecule has 5 heteroatoms. The van der Waals surface area contributed by atoms with E-state index in [2.05, 4.69) is 18.0 Å². The molecule has 2 amide bonds. The highest BCUT2D eigenvalue weighted by Crippen LogP contribution is 2.34. The second-order valence-corrected chi connectivity index (χ2v) is 5.99. The number of piperidine rings is 1. The number of carbonyl (C=O) groups excluding carboxylic acids is 1. The molecule has 1 aliphatic heterocycles. The largest absolute Gasteiger partial charge is 0.351 e. The second-order valence-electron chi connectivity index (χ2n) is 5.99. The Labute approximate surface area is 129 Å². The Balaban J connectivity index is 2.07. The topological polar surface area (TPSA) is 83.0 Å². The van der Waals surface area contributed by atoms with Gasteiger partial charge in [0.25, 0.3) is 0 Å². The normalized spacial score (nSPS) is 21.5. The van der Waals surface area contributed by atoms with E-state index in [-0.39, 0.29) is 11.9 Å². The van der Waals surface area contributed by atoms with Gasteiger partial charge in [0.2, 0.25) is 0 Å². The second kappa shape index (κ2) is 5.64. The molecule has 112 valence electrons. The van der Waals surface area contributed by atoms with Gasteiger partial charge in [-0.15, -0.1) is 0 Å². The molecule has 2 unspecified atom stereocenters. The molecule has 1 aromatic heterocycles. The average Bonchev–Trinajstić information content (AvgIpc) is 2.53. The number of fused-ring (bicyclic) bond motifs is 1. The zero-order valence-electron chi connectivity index (χ0n) is 12.5. The number of rotatable bonds is 1. The number of aromatic nitrogens is 1. The molecule has 0 saturated carbocycles. The molecule has 3 rings (SSSR count). The van der Waals surface area contributed by atoms with E-state index >= 15 is 0 Å². The smallest absolute Gasteiger partial charge is 0.314 e. The number of nitrogens with zero attached hydrogens (tertiary/aromatic N) is 3. The lowest BCUT2D eigenvalue weighted by molar-refractivity contribution is 0.168. The fourth-order valence-corrected chi connectivity index (χ4v) is 3.40. The first kappa shape index (κ1) is 14.3. The van der Waals surface area contributed by atoms with E-state index in [0.717, 1.165) is 22.9 Å². The minimum atomic E-state index is -0.368. The highest BCUT2D eigenvalue weighted by molar-refractivity contribution is 5.87. The van der Waals surface area contributed by atoms with Gasteiger partial charge in [-0.1, -0.05) is 19.1 Å². The predicted octanol–water partition coefficient (Wildman–Crippen LogP) is 2.61. The Kier molecular flexibility index (Phi) is 3.68. The molecule has 0 radical (unpaired) electrons. The molecule has 0 aliphatic carbocycles. The first-order chi connectivity index (χ1) is 10.6. The summed E-state index contributed by atoms with van der Waals surface area (Å²) in [5.41, 5.74) is 7.91. The van der Waals surface area contributed by atoms with Crippen LogP contribution in [0.2, 0.25) is 0 Å². The molecule has 5 nitrogen and oxygen atoms in total. The first-order valence-corrected chi connectivity index (χ1v) is 7.42. The van der Waals surface area contributed by atoms with E-state index < -0.39 is 0 Å². The maximum atomic E-state index is 11.5. The number of carbonyl (C=O) groups is 1. The van der Waals surface area contributed by atoms with E-state index in [4.69, 9.17) is 5.73 Å². The van der Waals surface area contributed by atoms with E-state index in [1.54, 1.807) is 11.1 Å². The van der Waals surface area contributed by atoms with Crippen molar-refractivity contribution in [3.63, 3.8) is 0 Å². The van der Waals surface area contributed by atoms with Crippen molar-refractivity contribution in [2.45, 2.75) is 19.3 Å². The predicted molar refractivity (Wildman–Crippen MR) is 84.1 cm³/mol. The summed E-state index contributed by atoms with van der Waals surface area (Å²) < 4.78 is 0. The molecule has 1 fully saturated rings. The minimum absolute atomic E-state index is 0.218. The first-order valence-electron chi connectivity index (χ1n) is 7.42. The molecule has 22 heavy (non-hydrogen) atoms. The number of pyridine rings is 1. The maximum absolute atomic E-state index is 11.5. The number of urea groups is 1. The summed E-state index contributed by atoms with van der Waals surface area (Å²) in [6, 6.07) is 9.50.